The van der Waals surface area contributed by atoms with Gasteiger partial charge in [-0.2, -0.15) is 0 Å². The second-order valence-electron chi connectivity index (χ2n) is 7.10. The Morgan fingerprint density at radius 3 is 2.81 bits per heavy atom. The molecule has 4 rings (SSSR count). The van der Waals surface area contributed by atoms with Crippen LogP contribution in [-0.4, -0.2) is 48.2 Å². The summed E-state index contributed by atoms with van der Waals surface area (Å²) in [4.78, 5) is 10.5. The van der Waals surface area contributed by atoms with Crippen LogP contribution in [0.15, 0.2) is 42.5 Å². The molecule has 1 aliphatic heterocycles. The lowest BCUT2D eigenvalue weighted by molar-refractivity contribution is 0.205. The number of fused-ring (bicyclic) bond motifs is 1. The fourth-order valence-corrected chi connectivity index (χ4v) is 3.68. The molecule has 0 saturated carbocycles. The molecule has 1 aliphatic rings. The zero-order chi connectivity index (χ0) is 18.5. The maximum atomic E-state index is 5.98. The van der Waals surface area contributed by atoms with Crippen LogP contribution in [0.2, 0.25) is 0 Å². The highest BCUT2D eigenvalue weighted by atomic mass is 16.5. The van der Waals surface area contributed by atoms with Gasteiger partial charge in [0.25, 0.3) is 0 Å². The second kappa shape index (κ2) is 8.44. The summed E-state index contributed by atoms with van der Waals surface area (Å²) in [6.07, 6.45) is 5.14. The molecule has 1 fully saturated rings. The van der Waals surface area contributed by atoms with E-state index in [0.29, 0.717) is 5.88 Å². The van der Waals surface area contributed by atoms with E-state index in [4.69, 9.17) is 9.47 Å². The molecule has 0 aliphatic carbocycles. The monoisotopic (exact) mass is 365 g/mol. The molecular weight excluding hydrogens is 338 g/mol. The number of benzene rings is 1. The van der Waals surface area contributed by atoms with Crippen molar-refractivity contribution in [2.75, 3.05) is 33.4 Å². The summed E-state index contributed by atoms with van der Waals surface area (Å²) in [6, 6.07) is 14.1. The number of methoxy groups -OCH3 is 1. The Morgan fingerprint density at radius 2 is 1.96 bits per heavy atom. The Morgan fingerprint density at radius 1 is 1.07 bits per heavy atom. The number of piperidine rings is 1. The largest absolute Gasteiger partial charge is 0.494 e. The number of aromatic amines is 1. The molecule has 0 atom stereocenters. The number of aromatic nitrogens is 2. The Kier molecular flexibility index (Phi) is 5.58. The summed E-state index contributed by atoms with van der Waals surface area (Å²) in [5, 5.41) is 1.13. The molecular formula is C22H27N3O2. The lowest BCUT2D eigenvalue weighted by Gasteiger charge is -2.26. The molecule has 1 N–H and O–H groups in total. The smallest absolute Gasteiger partial charge is 0.213 e. The number of hydrogen-bond donors (Lipinski definition) is 1. The summed E-state index contributed by atoms with van der Waals surface area (Å²) in [7, 11) is 1.63. The SMILES string of the molecule is COc1cccc(-c2cc3cc(OCCCN4CCCCC4)ccc3[nH]2)n1. The van der Waals surface area contributed by atoms with E-state index in [1.54, 1.807) is 7.11 Å². The minimum atomic E-state index is 0.615. The topological polar surface area (TPSA) is 50.4 Å². The van der Waals surface area contributed by atoms with Crippen molar-refractivity contribution < 1.29 is 9.47 Å². The van der Waals surface area contributed by atoms with Gasteiger partial charge in [0.05, 0.1) is 25.1 Å². The molecule has 0 unspecified atom stereocenters. The molecule has 0 radical (unpaired) electrons. The lowest BCUT2D eigenvalue weighted by Crippen LogP contribution is -2.31. The van der Waals surface area contributed by atoms with Crippen LogP contribution in [0.5, 0.6) is 11.6 Å². The maximum Gasteiger partial charge on any atom is 0.213 e. The van der Waals surface area contributed by atoms with Crippen molar-refractivity contribution in [1.82, 2.24) is 14.9 Å². The van der Waals surface area contributed by atoms with Gasteiger partial charge >= 0.3 is 0 Å². The molecule has 27 heavy (non-hydrogen) atoms. The van der Waals surface area contributed by atoms with Gasteiger partial charge in [0.15, 0.2) is 0 Å². The molecule has 3 heterocycles. The Labute approximate surface area is 160 Å². The van der Waals surface area contributed by atoms with Crippen molar-refractivity contribution >= 4 is 10.9 Å². The van der Waals surface area contributed by atoms with Gasteiger partial charge in [-0.05, 0) is 62.7 Å². The molecule has 2 aromatic heterocycles. The average molecular weight is 365 g/mol. The van der Waals surface area contributed by atoms with Crippen molar-refractivity contribution in [3.63, 3.8) is 0 Å². The predicted octanol–water partition coefficient (Wildman–Crippen LogP) is 4.49. The quantitative estimate of drug-likeness (QED) is 0.627. The number of H-pyrrole nitrogens is 1. The number of nitrogens with zero attached hydrogens (tertiary/aromatic N) is 2. The normalized spacial score (nSPS) is 15.1. The highest BCUT2D eigenvalue weighted by molar-refractivity contribution is 5.86. The molecule has 1 saturated heterocycles. The third-order valence-electron chi connectivity index (χ3n) is 5.14. The molecule has 5 heteroatoms. The van der Waals surface area contributed by atoms with Gasteiger partial charge in [0.1, 0.15) is 5.75 Å². The maximum absolute atomic E-state index is 5.98. The van der Waals surface area contributed by atoms with Crippen molar-refractivity contribution in [3.8, 4) is 23.0 Å². The van der Waals surface area contributed by atoms with Crippen molar-refractivity contribution in [3.05, 3.63) is 42.5 Å². The summed E-state index contributed by atoms with van der Waals surface area (Å²) < 4.78 is 11.2. The molecule has 142 valence electrons. The van der Waals surface area contributed by atoms with Gasteiger partial charge in [-0.3, -0.25) is 0 Å². The standard InChI is InChI=1S/C22H27N3O2/c1-26-22-8-5-7-20(24-22)21-16-17-15-18(9-10-19(17)23-21)27-14-6-13-25-11-3-2-4-12-25/h5,7-10,15-16,23H,2-4,6,11-14H2,1H3. The van der Waals surface area contributed by atoms with Crippen LogP contribution in [0.3, 0.4) is 0 Å². The van der Waals surface area contributed by atoms with Gasteiger partial charge in [0.2, 0.25) is 5.88 Å². The first-order valence-electron chi connectivity index (χ1n) is 9.81. The first-order chi connectivity index (χ1) is 13.3. The van der Waals surface area contributed by atoms with Crippen molar-refractivity contribution in [2.45, 2.75) is 25.7 Å². The Bertz CT molecular complexity index is 884. The molecule has 1 aromatic carbocycles. The molecule has 0 spiro atoms. The summed E-state index contributed by atoms with van der Waals surface area (Å²) in [5.74, 6) is 1.54. The first kappa shape index (κ1) is 17.9. The minimum Gasteiger partial charge on any atom is -0.494 e. The van der Waals surface area contributed by atoms with E-state index in [0.717, 1.165) is 47.6 Å². The number of hydrogen-bond acceptors (Lipinski definition) is 4. The van der Waals surface area contributed by atoms with Crippen LogP contribution in [0, 0.1) is 0 Å². The third kappa shape index (κ3) is 4.42. The van der Waals surface area contributed by atoms with Crippen LogP contribution in [-0.2, 0) is 0 Å². The van der Waals surface area contributed by atoms with E-state index < -0.39 is 0 Å². The number of likely N-dealkylation sites (tertiary alicyclic amines) is 1. The summed E-state index contributed by atoms with van der Waals surface area (Å²) in [5.41, 5.74) is 2.93. The Balaban J connectivity index is 1.38. The van der Waals surface area contributed by atoms with E-state index in [1.165, 1.54) is 32.4 Å². The third-order valence-corrected chi connectivity index (χ3v) is 5.14. The van der Waals surface area contributed by atoms with Gasteiger partial charge < -0.3 is 19.4 Å². The van der Waals surface area contributed by atoms with Gasteiger partial charge in [-0.1, -0.05) is 12.5 Å². The van der Waals surface area contributed by atoms with Crippen molar-refractivity contribution in [1.29, 1.82) is 0 Å². The van der Waals surface area contributed by atoms with E-state index in [1.807, 2.05) is 24.3 Å². The number of ether oxygens (including phenoxy) is 2. The van der Waals surface area contributed by atoms with Crippen LogP contribution in [0.25, 0.3) is 22.3 Å². The predicted molar refractivity (Wildman–Crippen MR) is 108 cm³/mol. The first-order valence-corrected chi connectivity index (χ1v) is 9.81. The molecule has 0 bridgehead atoms. The van der Waals surface area contributed by atoms with Gasteiger partial charge in [0, 0.05) is 23.5 Å². The fraction of sp³-hybridized carbons (Fsp3) is 0.409. The van der Waals surface area contributed by atoms with Gasteiger partial charge in [-0.15, -0.1) is 0 Å². The fourth-order valence-electron chi connectivity index (χ4n) is 3.68. The van der Waals surface area contributed by atoms with E-state index >= 15 is 0 Å². The molecule has 5 nitrogen and oxygen atoms in total. The van der Waals surface area contributed by atoms with E-state index in [2.05, 4.69) is 33.1 Å². The van der Waals surface area contributed by atoms with Crippen LogP contribution < -0.4 is 9.47 Å². The van der Waals surface area contributed by atoms with E-state index in [-0.39, 0.29) is 0 Å². The highest BCUT2D eigenvalue weighted by Gasteiger charge is 2.10. The van der Waals surface area contributed by atoms with Crippen LogP contribution >= 0.6 is 0 Å². The number of pyridine rings is 1. The Hall–Kier alpha value is -2.53. The summed E-state index contributed by atoms with van der Waals surface area (Å²) in [6.45, 7) is 4.39. The average Bonchev–Trinajstić information content (AvgIpc) is 3.15. The zero-order valence-corrected chi connectivity index (χ0v) is 15.9. The second-order valence-corrected chi connectivity index (χ2v) is 7.10. The number of nitrogens with one attached hydrogen (secondary N) is 1. The van der Waals surface area contributed by atoms with Crippen LogP contribution in [0.4, 0.5) is 0 Å². The van der Waals surface area contributed by atoms with Crippen molar-refractivity contribution in [2.24, 2.45) is 0 Å². The molecule has 0 amide bonds. The highest BCUT2D eigenvalue weighted by Crippen LogP contribution is 2.27. The van der Waals surface area contributed by atoms with E-state index in [9.17, 15) is 0 Å². The molecule has 3 aromatic rings. The lowest BCUT2D eigenvalue weighted by atomic mass is 10.1. The zero-order valence-electron chi connectivity index (χ0n) is 15.9. The van der Waals surface area contributed by atoms with Crippen LogP contribution in [0.1, 0.15) is 25.7 Å². The summed E-state index contributed by atoms with van der Waals surface area (Å²) >= 11 is 0. The van der Waals surface area contributed by atoms with Gasteiger partial charge in [-0.25, -0.2) is 4.98 Å². The number of rotatable bonds is 7. The minimum absolute atomic E-state index is 0.615.